The molecule has 1 fully saturated rings. The normalized spacial score (nSPS) is 18.2. The van der Waals surface area contributed by atoms with Crippen molar-refractivity contribution in [3.8, 4) is 0 Å². The third-order valence-electron chi connectivity index (χ3n) is 4.63. The molecule has 1 saturated heterocycles. The molecule has 0 saturated carbocycles. The van der Waals surface area contributed by atoms with Gasteiger partial charge in [-0.3, -0.25) is 14.5 Å². The molecule has 1 aliphatic heterocycles. The van der Waals surface area contributed by atoms with Crippen molar-refractivity contribution in [1.29, 1.82) is 0 Å². The first-order valence-electron chi connectivity index (χ1n) is 8.61. The average Bonchev–Trinajstić information content (AvgIpc) is 3.06. The lowest BCUT2D eigenvalue weighted by Gasteiger charge is -2.35. The zero-order chi connectivity index (χ0) is 17.6. The van der Waals surface area contributed by atoms with Crippen LogP contribution in [0.15, 0.2) is 33.8 Å². The molecular formula is C17H23N5O3. The van der Waals surface area contributed by atoms with Crippen LogP contribution in [0.1, 0.15) is 35.4 Å². The second kappa shape index (κ2) is 8.06. The topological polar surface area (TPSA) is 93.3 Å². The molecule has 25 heavy (non-hydrogen) atoms. The van der Waals surface area contributed by atoms with Crippen LogP contribution in [0.5, 0.6) is 0 Å². The van der Waals surface area contributed by atoms with E-state index >= 15 is 0 Å². The first-order chi connectivity index (χ1) is 12.1. The van der Waals surface area contributed by atoms with Crippen LogP contribution in [0.25, 0.3) is 0 Å². The number of piperidine rings is 1. The van der Waals surface area contributed by atoms with Gasteiger partial charge < -0.3 is 9.84 Å². The van der Waals surface area contributed by atoms with Gasteiger partial charge in [-0.1, -0.05) is 11.6 Å². The molecule has 3 heterocycles. The number of carbonyl (C=O) groups excluding carboxylic acids is 1. The molecule has 134 valence electrons. The van der Waals surface area contributed by atoms with Crippen LogP contribution in [0.2, 0.25) is 0 Å². The highest BCUT2D eigenvalue weighted by Gasteiger charge is 2.23. The highest BCUT2D eigenvalue weighted by atomic mass is 16.5. The van der Waals surface area contributed by atoms with Gasteiger partial charge in [0.2, 0.25) is 0 Å². The summed E-state index contributed by atoms with van der Waals surface area (Å²) in [5.41, 5.74) is 0.384. The molecular weight excluding hydrogens is 322 g/mol. The van der Waals surface area contributed by atoms with E-state index in [9.17, 15) is 9.59 Å². The van der Waals surface area contributed by atoms with Crippen molar-refractivity contribution in [2.75, 3.05) is 19.6 Å². The third-order valence-corrected chi connectivity index (χ3v) is 4.63. The summed E-state index contributed by atoms with van der Waals surface area (Å²) >= 11 is 0. The number of rotatable bonds is 6. The third kappa shape index (κ3) is 4.33. The van der Waals surface area contributed by atoms with Crippen molar-refractivity contribution >= 4 is 5.91 Å². The molecule has 8 heteroatoms. The number of hydrogen-bond acceptors (Lipinski definition) is 6. The molecule has 0 aliphatic carbocycles. The lowest BCUT2D eigenvalue weighted by molar-refractivity contribution is 0.0907. The fourth-order valence-electron chi connectivity index (χ4n) is 3.19. The van der Waals surface area contributed by atoms with E-state index in [0.717, 1.165) is 32.4 Å². The largest absolute Gasteiger partial charge is 0.361 e. The van der Waals surface area contributed by atoms with Gasteiger partial charge >= 0.3 is 0 Å². The Balaban J connectivity index is 1.55. The molecule has 3 rings (SSSR count). The zero-order valence-electron chi connectivity index (χ0n) is 14.4. The maximum atomic E-state index is 12.2. The molecule has 1 N–H and O–H groups in total. The minimum Gasteiger partial charge on any atom is -0.361 e. The SMILES string of the molecule is Cc1oncc1C(=O)NCC1CCCCN1CCn1ncccc1=O. The van der Waals surface area contributed by atoms with E-state index in [1.54, 1.807) is 19.2 Å². The van der Waals surface area contributed by atoms with Gasteiger partial charge in [-0.15, -0.1) is 0 Å². The monoisotopic (exact) mass is 345 g/mol. The quantitative estimate of drug-likeness (QED) is 0.833. The molecule has 1 unspecified atom stereocenters. The van der Waals surface area contributed by atoms with Crippen LogP contribution >= 0.6 is 0 Å². The number of nitrogens with one attached hydrogen (secondary N) is 1. The predicted molar refractivity (Wildman–Crippen MR) is 91.3 cm³/mol. The Kier molecular flexibility index (Phi) is 5.60. The predicted octanol–water partition coefficient (Wildman–Crippen LogP) is 0.824. The molecule has 2 aromatic rings. The Morgan fingerprint density at radius 2 is 2.28 bits per heavy atom. The first kappa shape index (κ1) is 17.3. The van der Waals surface area contributed by atoms with Gasteiger partial charge in [-0.05, 0) is 32.4 Å². The Hall–Kier alpha value is -2.48. The van der Waals surface area contributed by atoms with Crippen LogP contribution in [-0.4, -0.2) is 51.4 Å². The van der Waals surface area contributed by atoms with E-state index in [-0.39, 0.29) is 17.5 Å². The molecule has 1 aliphatic rings. The molecule has 8 nitrogen and oxygen atoms in total. The van der Waals surface area contributed by atoms with Crippen molar-refractivity contribution in [1.82, 2.24) is 25.2 Å². The molecule has 1 atom stereocenters. The summed E-state index contributed by atoms with van der Waals surface area (Å²) in [4.78, 5) is 26.3. The summed E-state index contributed by atoms with van der Waals surface area (Å²) in [6.07, 6.45) is 6.37. The summed E-state index contributed by atoms with van der Waals surface area (Å²) in [5.74, 6) is 0.359. The number of hydrogen-bond donors (Lipinski definition) is 1. The van der Waals surface area contributed by atoms with Crippen molar-refractivity contribution in [2.45, 2.75) is 38.8 Å². The number of aromatic nitrogens is 3. The van der Waals surface area contributed by atoms with Gasteiger partial charge in [-0.25, -0.2) is 4.68 Å². The van der Waals surface area contributed by atoms with E-state index in [4.69, 9.17) is 4.52 Å². The number of amides is 1. The van der Waals surface area contributed by atoms with Crippen molar-refractivity contribution in [3.63, 3.8) is 0 Å². The maximum absolute atomic E-state index is 12.2. The standard InChI is InChI=1S/C17H23N5O3/c1-13-15(12-20-25-13)17(24)18-11-14-5-2-3-8-21(14)9-10-22-16(23)6-4-7-19-22/h4,6-7,12,14H,2-3,5,8-11H2,1H3,(H,18,24). The molecule has 0 bridgehead atoms. The minimum absolute atomic E-state index is 0.0905. The van der Waals surface area contributed by atoms with Gasteiger partial charge in [0.1, 0.15) is 11.3 Å². The number of aryl methyl sites for hydroxylation is 1. The average molecular weight is 345 g/mol. The van der Waals surface area contributed by atoms with Gasteiger partial charge in [-0.2, -0.15) is 5.10 Å². The first-order valence-corrected chi connectivity index (χ1v) is 8.61. The van der Waals surface area contributed by atoms with Crippen LogP contribution < -0.4 is 10.9 Å². The fourth-order valence-corrected chi connectivity index (χ4v) is 3.19. The van der Waals surface area contributed by atoms with Gasteiger partial charge in [0.25, 0.3) is 11.5 Å². The summed E-state index contributed by atoms with van der Waals surface area (Å²) in [6, 6.07) is 3.42. The lowest BCUT2D eigenvalue weighted by atomic mass is 10.0. The summed E-state index contributed by atoms with van der Waals surface area (Å²) < 4.78 is 6.41. The maximum Gasteiger partial charge on any atom is 0.266 e. The number of likely N-dealkylation sites (tertiary alicyclic amines) is 1. The van der Waals surface area contributed by atoms with Crippen molar-refractivity contribution in [3.05, 3.63) is 46.2 Å². The summed E-state index contributed by atoms with van der Waals surface area (Å²) in [7, 11) is 0. The second-order valence-corrected chi connectivity index (χ2v) is 6.28. The summed E-state index contributed by atoms with van der Waals surface area (Å²) in [5, 5.41) is 10.7. The van der Waals surface area contributed by atoms with Gasteiger partial charge in [0.15, 0.2) is 0 Å². The van der Waals surface area contributed by atoms with E-state index in [2.05, 4.69) is 20.5 Å². The van der Waals surface area contributed by atoms with Crippen LogP contribution in [0.4, 0.5) is 0 Å². The van der Waals surface area contributed by atoms with E-state index in [1.807, 2.05) is 0 Å². The molecule has 2 aromatic heterocycles. The minimum atomic E-state index is -0.162. The second-order valence-electron chi connectivity index (χ2n) is 6.28. The Bertz CT molecular complexity index is 769. The van der Waals surface area contributed by atoms with E-state index in [1.165, 1.54) is 16.9 Å². The van der Waals surface area contributed by atoms with Crippen molar-refractivity contribution < 1.29 is 9.32 Å². The van der Waals surface area contributed by atoms with E-state index < -0.39 is 0 Å². The van der Waals surface area contributed by atoms with E-state index in [0.29, 0.717) is 24.4 Å². The fraction of sp³-hybridized carbons (Fsp3) is 0.529. The smallest absolute Gasteiger partial charge is 0.266 e. The number of nitrogens with zero attached hydrogens (tertiary/aromatic N) is 4. The Labute approximate surface area is 145 Å². The molecule has 1 amide bonds. The lowest BCUT2D eigenvalue weighted by Crippen LogP contribution is -2.48. The highest BCUT2D eigenvalue weighted by Crippen LogP contribution is 2.16. The van der Waals surface area contributed by atoms with Crippen LogP contribution in [-0.2, 0) is 6.54 Å². The Morgan fingerprint density at radius 1 is 1.40 bits per heavy atom. The zero-order valence-corrected chi connectivity index (χ0v) is 14.4. The number of carbonyl (C=O) groups is 1. The van der Waals surface area contributed by atoms with Crippen LogP contribution in [0, 0.1) is 6.92 Å². The summed E-state index contributed by atoms with van der Waals surface area (Å²) in [6.45, 7) is 4.55. The molecule has 0 spiro atoms. The highest BCUT2D eigenvalue weighted by molar-refractivity contribution is 5.94. The molecule has 0 radical (unpaired) electrons. The van der Waals surface area contributed by atoms with Crippen molar-refractivity contribution in [2.24, 2.45) is 0 Å². The molecule has 0 aromatic carbocycles. The van der Waals surface area contributed by atoms with Gasteiger partial charge in [0.05, 0.1) is 12.7 Å². The van der Waals surface area contributed by atoms with Gasteiger partial charge in [0, 0.05) is 31.4 Å². The Morgan fingerprint density at radius 3 is 3.04 bits per heavy atom. The van der Waals surface area contributed by atoms with Crippen LogP contribution in [0.3, 0.4) is 0 Å².